The van der Waals surface area contributed by atoms with Crippen molar-refractivity contribution >= 4 is 0 Å². The maximum Gasteiger partial charge on any atom is 0.0641 e. The van der Waals surface area contributed by atoms with Gasteiger partial charge in [0.05, 0.1) is 12.3 Å². The minimum absolute atomic E-state index is 0.172. The average molecular weight is 273 g/mol. The van der Waals surface area contributed by atoms with Crippen molar-refractivity contribution in [3.63, 3.8) is 0 Å². The van der Waals surface area contributed by atoms with Gasteiger partial charge in [0, 0.05) is 37.9 Å². The smallest absolute Gasteiger partial charge is 0.0641 e. The molecule has 2 aromatic rings. The fourth-order valence-electron chi connectivity index (χ4n) is 2.47. The van der Waals surface area contributed by atoms with E-state index in [2.05, 4.69) is 29.1 Å². The Bertz CT molecular complexity index is 548. The van der Waals surface area contributed by atoms with Gasteiger partial charge in [0.1, 0.15) is 0 Å². The maximum atomic E-state index is 9.27. The van der Waals surface area contributed by atoms with Crippen molar-refractivity contribution in [3.05, 3.63) is 52.8 Å². The Labute approximate surface area is 120 Å². The quantitative estimate of drug-likeness (QED) is 0.875. The molecule has 2 rings (SSSR count). The van der Waals surface area contributed by atoms with Crippen LogP contribution >= 0.6 is 0 Å². The van der Waals surface area contributed by atoms with E-state index in [1.54, 1.807) is 0 Å². The highest BCUT2D eigenvalue weighted by Crippen LogP contribution is 2.16. The summed E-state index contributed by atoms with van der Waals surface area (Å²) in [6.45, 7) is 6.64. The van der Waals surface area contributed by atoms with E-state index in [-0.39, 0.29) is 6.61 Å². The third-order valence-electron chi connectivity index (χ3n) is 3.71. The number of hydrogen-bond donors (Lipinski definition) is 1. The maximum absolute atomic E-state index is 9.27. The number of rotatable bonds is 6. The molecule has 0 atom stereocenters. The van der Waals surface area contributed by atoms with Crippen LogP contribution < -0.4 is 0 Å². The fourth-order valence-corrected chi connectivity index (χ4v) is 2.47. The standard InChI is InChI=1S/C16H23N3O/c1-13-16(14(2)18(3)17-13)12-19(9-10-20)11-15-7-5-4-6-8-15/h4-8,20H,9-12H2,1-3H3. The van der Waals surface area contributed by atoms with E-state index in [9.17, 15) is 5.11 Å². The normalized spacial score (nSPS) is 11.2. The molecule has 4 nitrogen and oxygen atoms in total. The molecule has 4 heteroatoms. The molecule has 0 bridgehead atoms. The first-order valence-corrected chi connectivity index (χ1v) is 6.98. The van der Waals surface area contributed by atoms with Gasteiger partial charge in [-0.05, 0) is 19.4 Å². The predicted octanol–water partition coefficient (Wildman–Crippen LogP) is 2.03. The summed E-state index contributed by atoms with van der Waals surface area (Å²) in [5.74, 6) is 0. The third kappa shape index (κ3) is 3.46. The minimum atomic E-state index is 0.172. The molecule has 108 valence electrons. The molecule has 0 aliphatic carbocycles. The number of aromatic nitrogens is 2. The van der Waals surface area contributed by atoms with Gasteiger partial charge in [-0.1, -0.05) is 30.3 Å². The van der Waals surface area contributed by atoms with Crippen LogP contribution in [-0.4, -0.2) is 32.9 Å². The van der Waals surface area contributed by atoms with Gasteiger partial charge < -0.3 is 5.11 Å². The van der Waals surface area contributed by atoms with Gasteiger partial charge in [-0.15, -0.1) is 0 Å². The van der Waals surface area contributed by atoms with Crippen molar-refractivity contribution in [1.29, 1.82) is 0 Å². The van der Waals surface area contributed by atoms with Gasteiger partial charge in [0.2, 0.25) is 0 Å². The Morgan fingerprint density at radius 2 is 1.85 bits per heavy atom. The van der Waals surface area contributed by atoms with E-state index < -0.39 is 0 Å². The van der Waals surface area contributed by atoms with E-state index in [4.69, 9.17) is 0 Å². The molecule has 1 aromatic carbocycles. The van der Waals surface area contributed by atoms with E-state index >= 15 is 0 Å². The Morgan fingerprint density at radius 1 is 1.15 bits per heavy atom. The lowest BCUT2D eigenvalue weighted by Crippen LogP contribution is -2.26. The molecule has 20 heavy (non-hydrogen) atoms. The van der Waals surface area contributed by atoms with Gasteiger partial charge in [0.25, 0.3) is 0 Å². The Balaban J connectivity index is 2.13. The molecule has 0 radical (unpaired) electrons. The van der Waals surface area contributed by atoms with Crippen LogP contribution in [0.2, 0.25) is 0 Å². The number of benzene rings is 1. The van der Waals surface area contributed by atoms with E-state index in [1.165, 1.54) is 16.8 Å². The van der Waals surface area contributed by atoms with E-state index in [1.807, 2.05) is 36.9 Å². The first kappa shape index (κ1) is 14.8. The molecule has 1 heterocycles. The van der Waals surface area contributed by atoms with Crippen LogP contribution in [0.3, 0.4) is 0 Å². The molecule has 0 fully saturated rings. The molecule has 1 aromatic heterocycles. The molecule has 0 amide bonds. The number of aliphatic hydroxyl groups is 1. The SMILES string of the molecule is Cc1nn(C)c(C)c1CN(CCO)Cc1ccccc1. The third-order valence-corrected chi connectivity index (χ3v) is 3.71. The topological polar surface area (TPSA) is 41.3 Å². The van der Waals surface area contributed by atoms with Crippen LogP contribution in [-0.2, 0) is 20.1 Å². The van der Waals surface area contributed by atoms with Crippen molar-refractivity contribution in [3.8, 4) is 0 Å². The number of nitrogens with zero attached hydrogens (tertiary/aromatic N) is 3. The van der Waals surface area contributed by atoms with E-state index in [0.717, 1.165) is 18.8 Å². The average Bonchev–Trinajstić information content (AvgIpc) is 2.67. The number of hydrogen-bond acceptors (Lipinski definition) is 3. The van der Waals surface area contributed by atoms with Crippen molar-refractivity contribution in [2.45, 2.75) is 26.9 Å². The van der Waals surface area contributed by atoms with Crippen LogP contribution in [0.5, 0.6) is 0 Å². The molecule has 0 spiro atoms. The molecular formula is C16H23N3O. The van der Waals surface area contributed by atoms with Crippen LogP contribution in [0.1, 0.15) is 22.5 Å². The lowest BCUT2D eigenvalue weighted by molar-refractivity contribution is 0.184. The molecule has 0 aliphatic heterocycles. The zero-order chi connectivity index (χ0) is 14.5. The van der Waals surface area contributed by atoms with Gasteiger partial charge in [-0.25, -0.2) is 0 Å². The summed E-state index contributed by atoms with van der Waals surface area (Å²) in [6, 6.07) is 10.4. The lowest BCUT2D eigenvalue weighted by Gasteiger charge is -2.21. The van der Waals surface area contributed by atoms with Gasteiger partial charge in [-0.3, -0.25) is 9.58 Å². The largest absolute Gasteiger partial charge is 0.395 e. The summed E-state index contributed by atoms with van der Waals surface area (Å²) in [6.07, 6.45) is 0. The van der Waals surface area contributed by atoms with Crippen molar-refractivity contribution in [1.82, 2.24) is 14.7 Å². The Hall–Kier alpha value is -1.65. The summed E-state index contributed by atoms with van der Waals surface area (Å²) < 4.78 is 1.92. The molecule has 1 N–H and O–H groups in total. The number of aliphatic hydroxyl groups excluding tert-OH is 1. The van der Waals surface area contributed by atoms with Gasteiger partial charge in [0.15, 0.2) is 0 Å². The van der Waals surface area contributed by atoms with Crippen LogP contribution in [0.15, 0.2) is 30.3 Å². The van der Waals surface area contributed by atoms with Gasteiger partial charge >= 0.3 is 0 Å². The summed E-state index contributed by atoms with van der Waals surface area (Å²) >= 11 is 0. The van der Waals surface area contributed by atoms with Crippen molar-refractivity contribution < 1.29 is 5.11 Å². The molecule has 0 unspecified atom stereocenters. The van der Waals surface area contributed by atoms with Crippen LogP contribution in [0, 0.1) is 13.8 Å². The highest BCUT2D eigenvalue weighted by molar-refractivity contribution is 5.24. The minimum Gasteiger partial charge on any atom is -0.395 e. The monoisotopic (exact) mass is 273 g/mol. The molecule has 0 aliphatic rings. The highest BCUT2D eigenvalue weighted by atomic mass is 16.3. The first-order chi connectivity index (χ1) is 9.61. The lowest BCUT2D eigenvalue weighted by atomic mass is 10.1. The fraction of sp³-hybridized carbons (Fsp3) is 0.438. The van der Waals surface area contributed by atoms with Crippen LogP contribution in [0.25, 0.3) is 0 Å². The first-order valence-electron chi connectivity index (χ1n) is 6.98. The summed E-state index contributed by atoms with van der Waals surface area (Å²) in [5, 5.41) is 13.7. The Morgan fingerprint density at radius 3 is 2.40 bits per heavy atom. The highest BCUT2D eigenvalue weighted by Gasteiger charge is 2.14. The molecular weight excluding hydrogens is 250 g/mol. The van der Waals surface area contributed by atoms with E-state index in [0.29, 0.717) is 6.54 Å². The number of aryl methyl sites for hydroxylation is 2. The van der Waals surface area contributed by atoms with Crippen molar-refractivity contribution in [2.75, 3.05) is 13.2 Å². The van der Waals surface area contributed by atoms with Crippen LogP contribution in [0.4, 0.5) is 0 Å². The second kappa shape index (κ2) is 6.68. The molecule has 0 saturated heterocycles. The molecule has 0 saturated carbocycles. The van der Waals surface area contributed by atoms with Crippen molar-refractivity contribution in [2.24, 2.45) is 7.05 Å². The summed E-state index contributed by atoms with van der Waals surface area (Å²) in [5.41, 5.74) is 4.79. The predicted molar refractivity (Wildman–Crippen MR) is 80.3 cm³/mol. The second-order valence-electron chi connectivity index (χ2n) is 5.19. The second-order valence-corrected chi connectivity index (χ2v) is 5.19. The summed E-state index contributed by atoms with van der Waals surface area (Å²) in [4.78, 5) is 2.26. The summed E-state index contributed by atoms with van der Waals surface area (Å²) in [7, 11) is 1.97. The van der Waals surface area contributed by atoms with Gasteiger partial charge in [-0.2, -0.15) is 5.10 Å². The zero-order valence-corrected chi connectivity index (χ0v) is 12.5. The Kier molecular flexibility index (Phi) is 4.93. The zero-order valence-electron chi connectivity index (χ0n) is 12.5.